The van der Waals surface area contributed by atoms with Gasteiger partial charge in [0.1, 0.15) is 9.84 Å². The van der Waals surface area contributed by atoms with Crippen molar-refractivity contribution in [1.82, 2.24) is 4.31 Å². The molecule has 2 saturated heterocycles. The van der Waals surface area contributed by atoms with E-state index in [-0.39, 0.29) is 30.8 Å². The van der Waals surface area contributed by atoms with Crippen LogP contribution in [0, 0.1) is 0 Å². The first-order valence-electron chi connectivity index (χ1n) is 7.15. The number of sulfone groups is 1. The predicted octanol–water partition coefficient (Wildman–Crippen LogP) is 0.223. The van der Waals surface area contributed by atoms with Crippen molar-refractivity contribution in [2.24, 2.45) is 0 Å². The van der Waals surface area contributed by atoms with Gasteiger partial charge in [0.25, 0.3) is 0 Å². The molecule has 1 N–H and O–H groups in total. The zero-order chi connectivity index (χ0) is 15.7. The van der Waals surface area contributed by atoms with Gasteiger partial charge in [-0.05, 0) is 25.7 Å². The number of piperidine rings is 1. The molecule has 0 aliphatic carbocycles. The molecular formula is C12H21NO6S2. The highest BCUT2D eigenvalue weighted by atomic mass is 32.2. The molecule has 0 aromatic rings. The summed E-state index contributed by atoms with van der Waals surface area (Å²) in [6, 6.07) is -0.500. The Labute approximate surface area is 125 Å². The van der Waals surface area contributed by atoms with Gasteiger partial charge in [0.2, 0.25) is 10.0 Å². The Morgan fingerprint density at radius 2 is 1.76 bits per heavy atom. The fraction of sp³-hybridized carbons (Fsp3) is 0.917. The summed E-state index contributed by atoms with van der Waals surface area (Å²) in [7, 11) is -6.74. The molecule has 0 aromatic heterocycles. The fourth-order valence-electron chi connectivity index (χ4n) is 3.07. The van der Waals surface area contributed by atoms with Crippen molar-refractivity contribution in [2.45, 2.75) is 49.8 Å². The van der Waals surface area contributed by atoms with Crippen LogP contribution in [0.3, 0.4) is 0 Å². The second-order valence-electron chi connectivity index (χ2n) is 5.75. The molecule has 2 fully saturated rings. The lowest BCUT2D eigenvalue weighted by Gasteiger charge is -2.37. The zero-order valence-corrected chi connectivity index (χ0v) is 13.4. The minimum absolute atomic E-state index is 0.103. The molecule has 9 heteroatoms. The number of hydrogen-bond donors (Lipinski definition) is 1. The molecule has 0 spiro atoms. The van der Waals surface area contributed by atoms with Crippen LogP contribution in [0.25, 0.3) is 0 Å². The summed E-state index contributed by atoms with van der Waals surface area (Å²) in [6.07, 6.45) is 2.13. The third-order valence-electron chi connectivity index (χ3n) is 4.23. The maximum atomic E-state index is 12.7. The van der Waals surface area contributed by atoms with Gasteiger partial charge in [-0.2, -0.15) is 4.31 Å². The van der Waals surface area contributed by atoms with Crippen molar-refractivity contribution in [3.8, 4) is 0 Å². The highest BCUT2D eigenvalue weighted by Gasteiger charge is 2.40. The van der Waals surface area contributed by atoms with Gasteiger partial charge >= 0.3 is 5.97 Å². The van der Waals surface area contributed by atoms with Gasteiger partial charge in [-0.15, -0.1) is 0 Å². The Bertz CT molecular complexity index is 583. The van der Waals surface area contributed by atoms with E-state index in [9.17, 15) is 21.6 Å². The van der Waals surface area contributed by atoms with Gasteiger partial charge in [-0.1, -0.05) is 6.42 Å². The molecule has 2 rings (SSSR count). The average Bonchev–Trinajstić information content (AvgIpc) is 2.38. The third kappa shape index (κ3) is 3.95. The zero-order valence-electron chi connectivity index (χ0n) is 11.8. The van der Waals surface area contributed by atoms with Crippen LogP contribution in [-0.2, 0) is 24.7 Å². The maximum absolute atomic E-state index is 12.7. The first kappa shape index (κ1) is 16.7. The largest absolute Gasteiger partial charge is 0.481 e. The molecule has 122 valence electrons. The number of aliphatic carboxylic acids is 1. The van der Waals surface area contributed by atoms with E-state index in [0.29, 0.717) is 13.0 Å². The molecule has 0 radical (unpaired) electrons. The smallest absolute Gasteiger partial charge is 0.304 e. The van der Waals surface area contributed by atoms with Crippen molar-refractivity contribution in [3.63, 3.8) is 0 Å². The van der Waals surface area contributed by atoms with Gasteiger partial charge in [0, 0.05) is 12.6 Å². The van der Waals surface area contributed by atoms with Crippen molar-refractivity contribution >= 4 is 25.8 Å². The van der Waals surface area contributed by atoms with E-state index in [4.69, 9.17) is 5.11 Å². The van der Waals surface area contributed by atoms with Gasteiger partial charge in [0.15, 0.2) is 0 Å². The Hall–Kier alpha value is -0.670. The van der Waals surface area contributed by atoms with Crippen LogP contribution in [-0.4, -0.2) is 61.6 Å². The minimum Gasteiger partial charge on any atom is -0.481 e. The summed E-state index contributed by atoms with van der Waals surface area (Å²) < 4.78 is 49.5. The predicted molar refractivity (Wildman–Crippen MR) is 77.2 cm³/mol. The Morgan fingerprint density at radius 3 is 2.33 bits per heavy atom. The highest BCUT2D eigenvalue weighted by molar-refractivity contribution is 7.92. The van der Waals surface area contributed by atoms with Gasteiger partial charge in [-0.3, -0.25) is 4.79 Å². The van der Waals surface area contributed by atoms with Crippen LogP contribution in [0.15, 0.2) is 0 Å². The summed E-state index contributed by atoms with van der Waals surface area (Å²) in [4.78, 5) is 10.9. The number of hydrogen-bond acceptors (Lipinski definition) is 5. The van der Waals surface area contributed by atoms with E-state index in [1.807, 2.05) is 0 Å². The van der Waals surface area contributed by atoms with E-state index in [1.165, 1.54) is 4.31 Å². The molecule has 0 saturated carbocycles. The molecule has 2 heterocycles. The standard InChI is InChI=1S/C12H21NO6S2/c14-12(15)9-10-3-1-2-6-13(10)21(18,19)11-4-7-20(16,17)8-5-11/h10-11H,1-9H2,(H,14,15). The van der Waals surface area contributed by atoms with Crippen LogP contribution < -0.4 is 0 Å². The Balaban J connectivity index is 2.15. The summed E-state index contributed by atoms with van der Waals surface area (Å²) in [5.74, 6) is -1.21. The van der Waals surface area contributed by atoms with Crippen molar-refractivity contribution in [3.05, 3.63) is 0 Å². The second kappa shape index (κ2) is 6.21. The van der Waals surface area contributed by atoms with E-state index >= 15 is 0 Å². The lowest BCUT2D eigenvalue weighted by molar-refractivity contribution is -0.138. The normalized spacial score (nSPS) is 28.3. The molecule has 21 heavy (non-hydrogen) atoms. The topological polar surface area (TPSA) is 109 Å². The number of nitrogens with zero attached hydrogens (tertiary/aromatic N) is 1. The molecule has 2 aliphatic heterocycles. The van der Waals surface area contributed by atoms with Gasteiger partial charge < -0.3 is 5.11 Å². The van der Waals surface area contributed by atoms with Crippen molar-refractivity contribution in [1.29, 1.82) is 0 Å². The van der Waals surface area contributed by atoms with Crippen LogP contribution >= 0.6 is 0 Å². The monoisotopic (exact) mass is 339 g/mol. The molecule has 0 bridgehead atoms. The Morgan fingerprint density at radius 1 is 1.14 bits per heavy atom. The quantitative estimate of drug-likeness (QED) is 0.785. The number of carboxylic acids is 1. The summed E-state index contributed by atoms with van der Waals surface area (Å²) >= 11 is 0. The average molecular weight is 339 g/mol. The van der Waals surface area contributed by atoms with E-state index in [2.05, 4.69) is 0 Å². The maximum Gasteiger partial charge on any atom is 0.304 e. The number of carbonyl (C=O) groups is 1. The summed E-state index contributed by atoms with van der Waals surface area (Å²) in [6.45, 7) is 0.337. The van der Waals surface area contributed by atoms with Gasteiger partial charge in [0.05, 0.1) is 23.2 Å². The lowest BCUT2D eigenvalue weighted by atomic mass is 10.0. The van der Waals surface area contributed by atoms with Crippen LogP contribution in [0.1, 0.15) is 38.5 Å². The first-order valence-corrected chi connectivity index (χ1v) is 10.5. The van der Waals surface area contributed by atoms with Crippen LogP contribution in [0.5, 0.6) is 0 Å². The second-order valence-corrected chi connectivity index (χ2v) is 10.2. The van der Waals surface area contributed by atoms with E-state index in [1.54, 1.807) is 0 Å². The molecular weight excluding hydrogens is 318 g/mol. The van der Waals surface area contributed by atoms with Crippen molar-refractivity contribution < 1.29 is 26.7 Å². The van der Waals surface area contributed by atoms with Crippen LogP contribution in [0.4, 0.5) is 0 Å². The van der Waals surface area contributed by atoms with E-state index in [0.717, 1.165) is 12.8 Å². The summed E-state index contributed by atoms with van der Waals surface area (Å²) in [5.41, 5.74) is 0. The molecule has 0 aromatic carbocycles. The SMILES string of the molecule is O=C(O)CC1CCCCN1S(=O)(=O)C1CCS(=O)(=O)CC1. The minimum atomic E-state index is -3.62. The molecule has 7 nitrogen and oxygen atoms in total. The van der Waals surface area contributed by atoms with Crippen LogP contribution in [0.2, 0.25) is 0 Å². The number of sulfonamides is 1. The molecule has 2 aliphatic rings. The Kier molecular flexibility index (Phi) is 4.94. The fourth-order valence-corrected chi connectivity index (χ4v) is 7.06. The lowest BCUT2D eigenvalue weighted by Crippen LogP contribution is -2.50. The number of carboxylic acid groups (broad SMARTS) is 1. The van der Waals surface area contributed by atoms with Crippen molar-refractivity contribution in [2.75, 3.05) is 18.1 Å². The van der Waals surface area contributed by atoms with Gasteiger partial charge in [-0.25, -0.2) is 16.8 Å². The summed E-state index contributed by atoms with van der Waals surface area (Å²) in [5, 5.41) is 8.23. The van der Waals surface area contributed by atoms with E-state index < -0.39 is 37.1 Å². The molecule has 0 amide bonds. The third-order valence-corrected chi connectivity index (χ3v) is 8.40. The highest BCUT2D eigenvalue weighted by Crippen LogP contribution is 2.29. The molecule has 1 unspecified atom stereocenters. The number of rotatable bonds is 4. The first-order chi connectivity index (χ1) is 9.72. The molecule has 1 atom stereocenters.